The van der Waals surface area contributed by atoms with Crippen LogP contribution in [0.15, 0.2) is 4.99 Å². The van der Waals surface area contributed by atoms with Crippen LogP contribution >= 0.6 is 36.6 Å². The second-order valence-corrected chi connectivity index (χ2v) is 2.08. The summed E-state index contributed by atoms with van der Waals surface area (Å²) >= 11 is 4.07. The molecule has 0 aromatic heterocycles. The van der Waals surface area contributed by atoms with Crippen LogP contribution in [0.4, 0.5) is 0 Å². The zero-order valence-corrected chi connectivity index (χ0v) is 8.36. The Labute approximate surface area is 77.9 Å². The van der Waals surface area contributed by atoms with Crippen LogP contribution in [-0.4, -0.2) is 24.7 Å². The summed E-state index contributed by atoms with van der Waals surface area (Å²) in [4.78, 5) is 4.18. The molecule has 0 amide bonds. The van der Waals surface area contributed by atoms with Crippen LogP contribution in [0.5, 0.6) is 0 Å². The van der Waals surface area contributed by atoms with E-state index in [-0.39, 0.29) is 24.0 Å². The third-order valence-electron chi connectivity index (χ3n) is 1.12. The van der Waals surface area contributed by atoms with Gasteiger partial charge in [-0.15, -0.1) is 24.0 Å². The van der Waals surface area contributed by atoms with Crippen molar-refractivity contribution in [3.05, 3.63) is 0 Å². The van der Waals surface area contributed by atoms with Gasteiger partial charge in [-0.1, -0.05) is 0 Å². The lowest BCUT2D eigenvalue weighted by Gasteiger charge is -2.11. The molecule has 0 aromatic rings. The SMILES string of the molecule is I.SCC1=NCCCN1. The fraction of sp³-hybridized carbons (Fsp3) is 0.800. The van der Waals surface area contributed by atoms with Crippen LogP contribution in [0.3, 0.4) is 0 Å². The second-order valence-electron chi connectivity index (χ2n) is 1.77. The molecule has 0 bridgehead atoms. The predicted octanol–water partition coefficient (Wildman–Crippen LogP) is 0.926. The van der Waals surface area contributed by atoms with E-state index in [1.54, 1.807) is 0 Å². The zero-order valence-electron chi connectivity index (χ0n) is 5.13. The number of amidine groups is 1. The molecule has 0 saturated heterocycles. The van der Waals surface area contributed by atoms with Crippen LogP contribution in [0.25, 0.3) is 0 Å². The molecule has 4 heteroatoms. The molecule has 0 aromatic carbocycles. The van der Waals surface area contributed by atoms with Gasteiger partial charge in [0, 0.05) is 18.8 Å². The minimum Gasteiger partial charge on any atom is -0.373 e. The lowest BCUT2D eigenvalue weighted by molar-refractivity contribution is 0.740. The first kappa shape index (κ1) is 9.55. The lowest BCUT2D eigenvalue weighted by atomic mass is 10.4. The Hall–Kier alpha value is 0.550. The van der Waals surface area contributed by atoms with Crippen molar-refractivity contribution < 1.29 is 0 Å². The maximum atomic E-state index is 4.18. The first-order chi connectivity index (χ1) is 3.93. The van der Waals surface area contributed by atoms with E-state index < -0.39 is 0 Å². The van der Waals surface area contributed by atoms with Crippen LogP contribution in [0.1, 0.15) is 6.42 Å². The molecule has 9 heavy (non-hydrogen) atoms. The van der Waals surface area contributed by atoms with Crippen molar-refractivity contribution in [1.82, 2.24) is 5.32 Å². The summed E-state index contributed by atoms with van der Waals surface area (Å²) in [6.07, 6.45) is 1.16. The Bertz CT molecular complexity index is 105. The van der Waals surface area contributed by atoms with Crippen LogP contribution in [0, 0.1) is 0 Å². The van der Waals surface area contributed by atoms with Gasteiger partial charge in [-0.05, 0) is 6.42 Å². The van der Waals surface area contributed by atoms with Gasteiger partial charge in [-0.25, -0.2) is 0 Å². The third kappa shape index (κ3) is 3.30. The van der Waals surface area contributed by atoms with Crippen LogP contribution in [0.2, 0.25) is 0 Å². The summed E-state index contributed by atoms with van der Waals surface area (Å²) in [6, 6.07) is 0. The standard InChI is InChI=1S/C5H10N2S.HI/c8-4-5-6-2-1-3-7-5;/h8H,1-4H2,(H,6,7);1H. The largest absolute Gasteiger partial charge is 0.373 e. The molecule has 1 aliphatic heterocycles. The summed E-state index contributed by atoms with van der Waals surface area (Å²) < 4.78 is 0. The first-order valence-corrected chi connectivity index (χ1v) is 3.45. The van der Waals surface area contributed by atoms with Crippen molar-refractivity contribution in [2.45, 2.75) is 6.42 Å². The van der Waals surface area contributed by atoms with Crippen molar-refractivity contribution in [2.75, 3.05) is 18.8 Å². The molecule has 0 spiro atoms. The fourth-order valence-electron chi connectivity index (χ4n) is 0.688. The van der Waals surface area contributed by atoms with E-state index >= 15 is 0 Å². The molecule has 54 valence electrons. The van der Waals surface area contributed by atoms with Gasteiger partial charge in [0.1, 0.15) is 5.84 Å². The quantitative estimate of drug-likeness (QED) is 0.530. The monoisotopic (exact) mass is 258 g/mol. The van der Waals surface area contributed by atoms with Crippen molar-refractivity contribution in [3.63, 3.8) is 0 Å². The molecule has 1 heterocycles. The molecular formula is C5H11IN2S. The van der Waals surface area contributed by atoms with Crippen LogP contribution < -0.4 is 5.32 Å². The molecule has 0 atom stereocenters. The number of rotatable bonds is 1. The Morgan fingerprint density at radius 1 is 1.67 bits per heavy atom. The highest BCUT2D eigenvalue weighted by Crippen LogP contribution is 1.89. The molecule has 2 nitrogen and oxygen atoms in total. The maximum absolute atomic E-state index is 4.18. The molecule has 0 unspecified atom stereocenters. The van der Waals surface area contributed by atoms with E-state index in [4.69, 9.17) is 0 Å². The van der Waals surface area contributed by atoms with E-state index in [1.165, 1.54) is 0 Å². The Morgan fingerprint density at radius 3 is 2.78 bits per heavy atom. The van der Waals surface area contributed by atoms with Gasteiger partial charge in [-0.2, -0.15) is 12.6 Å². The van der Waals surface area contributed by atoms with E-state index in [9.17, 15) is 0 Å². The Balaban J connectivity index is 0.000000640. The van der Waals surface area contributed by atoms with E-state index in [0.717, 1.165) is 31.1 Å². The highest BCUT2D eigenvalue weighted by Gasteiger charge is 1.98. The molecule has 0 fully saturated rings. The average Bonchev–Trinajstić information content (AvgIpc) is 1.90. The molecule has 1 aliphatic rings. The van der Waals surface area contributed by atoms with Gasteiger partial charge in [0.05, 0.1) is 0 Å². The highest BCUT2D eigenvalue weighted by atomic mass is 127. The van der Waals surface area contributed by atoms with Gasteiger partial charge in [0.15, 0.2) is 0 Å². The summed E-state index contributed by atoms with van der Waals surface area (Å²) in [7, 11) is 0. The first-order valence-electron chi connectivity index (χ1n) is 2.81. The minimum atomic E-state index is 0. The summed E-state index contributed by atoms with van der Waals surface area (Å²) in [5.74, 6) is 1.79. The third-order valence-corrected chi connectivity index (χ3v) is 1.42. The predicted molar refractivity (Wildman–Crippen MR) is 54.2 cm³/mol. The summed E-state index contributed by atoms with van der Waals surface area (Å²) in [6.45, 7) is 2.04. The molecule has 0 radical (unpaired) electrons. The highest BCUT2D eigenvalue weighted by molar-refractivity contribution is 14.0. The number of nitrogens with zero attached hydrogens (tertiary/aromatic N) is 1. The van der Waals surface area contributed by atoms with E-state index in [2.05, 4.69) is 22.9 Å². The van der Waals surface area contributed by atoms with Gasteiger partial charge >= 0.3 is 0 Å². The normalized spacial score (nSPS) is 17.2. The van der Waals surface area contributed by atoms with Gasteiger partial charge in [0.25, 0.3) is 0 Å². The van der Waals surface area contributed by atoms with Gasteiger partial charge in [0.2, 0.25) is 0 Å². The number of halogens is 1. The fourth-order valence-corrected chi connectivity index (χ4v) is 0.899. The second kappa shape index (κ2) is 5.34. The number of hydrogen-bond donors (Lipinski definition) is 2. The molecular weight excluding hydrogens is 247 g/mol. The van der Waals surface area contributed by atoms with E-state index in [0.29, 0.717) is 0 Å². The molecule has 0 aliphatic carbocycles. The number of nitrogens with one attached hydrogen (secondary N) is 1. The van der Waals surface area contributed by atoms with E-state index in [1.807, 2.05) is 0 Å². The van der Waals surface area contributed by atoms with Crippen molar-refractivity contribution >= 4 is 42.4 Å². The maximum Gasteiger partial charge on any atom is 0.106 e. The number of hydrogen-bond acceptors (Lipinski definition) is 3. The molecule has 0 saturated carbocycles. The lowest BCUT2D eigenvalue weighted by Crippen LogP contribution is -2.30. The topological polar surface area (TPSA) is 24.4 Å². The number of aliphatic imine (C=N–C) groups is 1. The van der Waals surface area contributed by atoms with Gasteiger partial charge in [-0.3, -0.25) is 4.99 Å². The van der Waals surface area contributed by atoms with Crippen molar-refractivity contribution in [1.29, 1.82) is 0 Å². The Kier molecular flexibility index (Phi) is 5.67. The molecule has 1 rings (SSSR count). The minimum absolute atomic E-state index is 0. The van der Waals surface area contributed by atoms with Gasteiger partial charge < -0.3 is 5.32 Å². The van der Waals surface area contributed by atoms with Crippen molar-refractivity contribution in [2.24, 2.45) is 4.99 Å². The molecule has 1 N–H and O–H groups in total. The Morgan fingerprint density at radius 2 is 2.44 bits per heavy atom. The summed E-state index contributed by atoms with van der Waals surface area (Å²) in [5, 5.41) is 3.14. The number of thiol groups is 1. The van der Waals surface area contributed by atoms with Crippen LogP contribution in [-0.2, 0) is 0 Å². The zero-order chi connectivity index (χ0) is 5.82. The summed E-state index contributed by atoms with van der Waals surface area (Å²) in [5.41, 5.74) is 0. The average molecular weight is 258 g/mol. The van der Waals surface area contributed by atoms with Crippen molar-refractivity contribution in [3.8, 4) is 0 Å². The smallest absolute Gasteiger partial charge is 0.106 e.